The van der Waals surface area contributed by atoms with Crippen molar-refractivity contribution in [1.29, 1.82) is 0 Å². The Kier molecular flexibility index (Phi) is 6.01. The van der Waals surface area contributed by atoms with Crippen molar-refractivity contribution in [3.63, 3.8) is 0 Å². The molecule has 0 saturated heterocycles. The van der Waals surface area contributed by atoms with Crippen molar-refractivity contribution in [2.45, 2.75) is 12.6 Å². The van der Waals surface area contributed by atoms with Crippen LogP contribution in [0.25, 0.3) is 0 Å². The zero-order valence-corrected chi connectivity index (χ0v) is 14.7. The Morgan fingerprint density at radius 3 is 2.54 bits per heavy atom. The van der Waals surface area contributed by atoms with Gasteiger partial charge in [0.15, 0.2) is 5.69 Å². The van der Waals surface area contributed by atoms with E-state index in [2.05, 4.69) is 20.6 Å². The highest BCUT2D eigenvalue weighted by atomic mass is 19.4. The van der Waals surface area contributed by atoms with Crippen LogP contribution in [0, 0.1) is 0 Å². The van der Waals surface area contributed by atoms with Gasteiger partial charge in [-0.2, -0.15) is 18.2 Å². The summed E-state index contributed by atoms with van der Waals surface area (Å²) in [7, 11) is 4.76. The first kappa shape index (κ1) is 19.5. The second-order valence-electron chi connectivity index (χ2n) is 5.78. The van der Waals surface area contributed by atoms with E-state index in [1.165, 1.54) is 4.90 Å². The summed E-state index contributed by atoms with van der Waals surface area (Å²) in [6, 6.07) is 7.92. The van der Waals surface area contributed by atoms with Gasteiger partial charge >= 0.3 is 6.18 Å². The summed E-state index contributed by atoms with van der Waals surface area (Å²) in [6.07, 6.45) is -4.05. The van der Waals surface area contributed by atoms with Crippen molar-refractivity contribution < 1.29 is 18.0 Å². The third-order valence-corrected chi connectivity index (χ3v) is 3.57. The van der Waals surface area contributed by atoms with Gasteiger partial charge in [0.2, 0.25) is 5.95 Å². The number of carbonyl (C=O) groups excluding carboxylic acids is 1. The van der Waals surface area contributed by atoms with Crippen molar-refractivity contribution in [2.75, 3.05) is 37.9 Å². The third-order valence-electron chi connectivity index (χ3n) is 3.57. The smallest absolute Gasteiger partial charge is 0.363 e. The van der Waals surface area contributed by atoms with Gasteiger partial charge in [-0.1, -0.05) is 12.1 Å². The lowest BCUT2D eigenvalue weighted by Crippen LogP contribution is -2.19. The second kappa shape index (κ2) is 8.03. The molecule has 0 atom stereocenters. The standard InChI is InChI=1S/C17H20F3N5O/c1-21-15(26)12-6-4-5-11(9-12)7-8-22-16-23-13(17(18,19)20)10-14(24-16)25(2)3/h4-6,9-10H,7-8H2,1-3H3,(H,21,26)(H,22,23,24). The molecule has 26 heavy (non-hydrogen) atoms. The van der Waals surface area contributed by atoms with Gasteiger partial charge in [-0.3, -0.25) is 4.79 Å². The average Bonchev–Trinajstić information content (AvgIpc) is 2.60. The summed E-state index contributed by atoms with van der Waals surface area (Å²) in [6.45, 7) is 0.325. The van der Waals surface area contributed by atoms with Gasteiger partial charge in [-0.25, -0.2) is 4.98 Å². The summed E-state index contributed by atoms with van der Waals surface area (Å²) in [5.41, 5.74) is 0.397. The van der Waals surface area contributed by atoms with Gasteiger partial charge in [0.05, 0.1) is 0 Å². The molecule has 0 bridgehead atoms. The topological polar surface area (TPSA) is 70.2 Å². The summed E-state index contributed by atoms with van der Waals surface area (Å²) in [4.78, 5) is 20.7. The zero-order chi connectivity index (χ0) is 19.3. The summed E-state index contributed by atoms with van der Waals surface area (Å²) in [5.74, 6) is -0.126. The minimum atomic E-state index is -4.55. The van der Waals surface area contributed by atoms with E-state index in [4.69, 9.17) is 0 Å². The third kappa shape index (κ3) is 5.08. The first-order valence-electron chi connectivity index (χ1n) is 7.89. The van der Waals surface area contributed by atoms with Crippen LogP contribution in [0.2, 0.25) is 0 Å². The minimum absolute atomic E-state index is 0.0917. The number of benzene rings is 1. The summed E-state index contributed by atoms with van der Waals surface area (Å²) >= 11 is 0. The molecular weight excluding hydrogens is 347 g/mol. The van der Waals surface area contributed by atoms with Gasteiger partial charge in [0.1, 0.15) is 5.82 Å². The van der Waals surface area contributed by atoms with E-state index >= 15 is 0 Å². The van der Waals surface area contributed by atoms with Crippen molar-refractivity contribution in [1.82, 2.24) is 15.3 Å². The van der Waals surface area contributed by atoms with Crippen molar-refractivity contribution in [3.8, 4) is 0 Å². The van der Waals surface area contributed by atoms with Crippen LogP contribution in [0.3, 0.4) is 0 Å². The molecule has 0 aliphatic rings. The molecule has 140 valence electrons. The Balaban J connectivity index is 2.10. The van der Waals surface area contributed by atoms with Crippen molar-refractivity contribution in [2.24, 2.45) is 0 Å². The van der Waals surface area contributed by atoms with Crippen LogP contribution in [0.15, 0.2) is 30.3 Å². The van der Waals surface area contributed by atoms with E-state index < -0.39 is 11.9 Å². The van der Waals surface area contributed by atoms with E-state index in [0.717, 1.165) is 11.6 Å². The van der Waals surface area contributed by atoms with E-state index in [1.807, 2.05) is 6.07 Å². The quantitative estimate of drug-likeness (QED) is 0.821. The van der Waals surface area contributed by atoms with E-state index in [1.54, 1.807) is 39.3 Å². The molecule has 1 amide bonds. The van der Waals surface area contributed by atoms with E-state index in [0.29, 0.717) is 18.5 Å². The number of alkyl halides is 3. The molecule has 2 N–H and O–H groups in total. The normalized spacial score (nSPS) is 11.2. The molecule has 1 aromatic heterocycles. The molecule has 0 aliphatic carbocycles. The van der Waals surface area contributed by atoms with E-state index in [-0.39, 0.29) is 17.7 Å². The molecule has 9 heteroatoms. The van der Waals surface area contributed by atoms with Crippen LogP contribution in [-0.4, -0.2) is 43.6 Å². The molecule has 0 radical (unpaired) electrons. The molecule has 1 heterocycles. The van der Waals surface area contributed by atoms with Crippen LogP contribution in [0.4, 0.5) is 24.9 Å². The largest absolute Gasteiger partial charge is 0.433 e. The first-order chi connectivity index (χ1) is 12.2. The number of anilines is 2. The number of nitrogens with zero attached hydrogens (tertiary/aromatic N) is 3. The Bertz CT molecular complexity index is 777. The maximum atomic E-state index is 13.0. The molecule has 1 aromatic carbocycles. The lowest BCUT2D eigenvalue weighted by molar-refractivity contribution is -0.141. The second-order valence-corrected chi connectivity index (χ2v) is 5.78. The molecule has 0 spiro atoms. The Hall–Kier alpha value is -2.84. The average molecular weight is 367 g/mol. The number of amides is 1. The van der Waals surface area contributed by atoms with Gasteiger partial charge in [-0.05, 0) is 24.1 Å². The van der Waals surface area contributed by atoms with Crippen molar-refractivity contribution in [3.05, 3.63) is 47.2 Å². The first-order valence-corrected chi connectivity index (χ1v) is 7.89. The van der Waals surface area contributed by atoms with Gasteiger partial charge in [0.25, 0.3) is 5.91 Å². The van der Waals surface area contributed by atoms with Gasteiger partial charge in [-0.15, -0.1) is 0 Å². The maximum absolute atomic E-state index is 13.0. The number of hydrogen-bond donors (Lipinski definition) is 2. The fourth-order valence-electron chi connectivity index (χ4n) is 2.22. The summed E-state index contributed by atoms with van der Waals surface area (Å²) < 4.78 is 38.9. The monoisotopic (exact) mass is 367 g/mol. The fraction of sp³-hybridized carbons (Fsp3) is 0.353. The number of hydrogen-bond acceptors (Lipinski definition) is 5. The highest BCUT2D eigenvalue weighted by Crippen LogP contribution is 2.30. The Morgan fingerprint density at radius 2 is 1.92 bits per heavy atom. The molecular formula is C17H20F3N5O. The lowest BCUT2D eigenvalue weighted by Gasteiger charge is -2.16. The molecule has 6 nitrogen and oxygen atoms in total. The van der Waals surface area contributed by atoms with Crippen LogP contribution < -0.4 is 15.5 Å². The molecule has 0 aliphatic heterocycles. The Morgan fingerprint density at radius 1 is 1.19 bits per heavy atom. The van der Waals surface area contributed by atoms with Crippen LogP contribution in [-0.2, 0) is 12.6 Å². The SMILES string of the molecule is CNC(=O)c1cccc(CCNc2nc(N(C)C)cc(C(F)(F)F)n2)c1. The molecule has 0 saturated carbocycles. The summed E-state index contributed by atoms with van der Waals surface area (Å²) in [5, 5.41) is 5.36. The molecule has 0 fully saturated rings. The fourth-order valence-corrected chi connectivity index (χ4v) is 2.22. The van der Waals surface area contributed by atoms with Crippen LogP contribution in [0.5, 0.6) is 0 Å². The Labute approximate surface area is 149 Å². The highest BCUT2D eigenvalue weighted by Gasteiger charge is 2.33. The molecule has 0 unspecified atom stereocenters. The maximum Gasteiger partial charge on any atom is 0.433 e. The number of aromatic nitrogens is 2. The molecule has 2 aromatic rings. The number of halogens is 3. The minimum Gasteiger partial charge on any atom is -0.363 e. The van der Waals surface area contributed by atoms with Gasteiger partial charge in [0, 0.05) is 39.3 Å². The number of nitrogens with one attached hydrogen (secondary N) is 2. The zero-order valence-electron chi connectivity index (χ0n) is 14.7. The van der Waals surface area contributed by atoms with Crippen LogP contribution >= 0.6 is 0 Å². The predicted octanol–water partition coefficient (Wildman–Crippen LogP) is 2.58. The highest BCUT2D eigenvalue weighted by molar-refractivity contribution is 5.94. The number of carbonyl (C=O) groups is 1. The van der Waals surface area contributed by atoms with Gasteiger partial charge < -0.3 is 15.5 Å². The lowest BCUT2D eigenvalue weighted by atomic mass is 10.1. The number of rotatable bonds is 6. The van der Waals surface area contributed by atoms with Crippen molar-refractivity contribution >= 4 is 17.7 Å². The van der Waals surface area contributed by atoms with E-state index in [9.17, 15) is 18.0 Å². The molecule has 2 rings (SSSR count). The van der Waals surface area contributed by atoms with Crippen LogP contribution in [0.1, 0.15) is 21.6 Å². The predicted molar refractivity (Wildman–Crippen MR) is 93.4 cm³/mol.